The zero-order valence-corrected chi connectivity index (χ0v) is 15.4. The Kier molecular flexibility index (Phi) is 13.5. The van der Waals surface area contributed by atoms with Crippen LogP contribution in [-0.2, 0) is 28.5 Å². The molecule has 2 unspecified atom stereocenters. The summed E-state index contributed by atoms with van der Waals surface area (Å²) in [6.07, 6.45) is 4.03. The predicted molar refractivity (Wildman–Crippen MR) is 94.4 cm³/mol. The first-order valence-corrected chi connectivity index (χ1v) is 8.45. The Labute approximate surface area is 154 Å². The Balaban J connectivity index is 4.42. The Bertz CT molecular complexity index is 437. The third kappa shape index (κ3) is 11.0. The fraction of sp³-hybridized carbons (Fsp3) is 0.667. The van der Waals surface area contributed by atoms with E-state index in [2.05, 4.69) is 13.2 Å². The molecular formula is C18H30O8. The smallest absolute Gasteiger partial charge is 0.330 e. The van der Waals surface area contributed by atoms with Gasteiger partial charge in [-0.15, -0.1) is 0 Å². The Hall–Kier alpha value is -1.74. The number of ether oxygens (including phenoxy) is 4. The number of methoxy groups -OCH3 is 1. The summed E-state index contributed by atoms with van der Waals surface area (Å²) in [5.41, 5.74) is -1.92. The summed E-state index contributed by atoms with van der Waals surface area (Å²) in [6.45, 7) is 6.26. The molecule has 0 amide bonds. The molecule has 0 heterocycles. The SMILES string of the molecule is C=CC(=O)OCC(O)C(O)(COCCCCCCOC)COC(=O)C=C. The topological polar surface area (TPSA) is 112 Å². The van der Waals surface area contributed by atoms with Crippen molar-refractivity contribution in [2.24, 2.45) is 0 Å². The van der Waals surface area contributed by atoms with Crippen LogP contribution in [0.15, 0.2) is 25.3 Å². The number of esters is 2. The van der Waals surface area contributed by atoms with E-state index in [4.69, 9.17) is 18.9 Å². The highest BCUT2D eigenvalue weighted by atomic mass is 16.6. The van der Waals surface area contributed by atoms with Crippen molar-refractivity contribution in [3.05, 3.63) is 25.3 Å². The van der Waals surface area contributed by atoms with E-state index < -0.39 is 36.9 Å². The first-order valence-electron chi connectivity index (χ1n) is 8.45. The number of aliphatic hydroxyl groups is 2. The molecule has 0 aromatic heterocycles. The van der Waals surface area contributed by atoms with Crippen LogP contribution in [0, 0.1) is 0 Å². The van der Waals surface area contributed by atoms with Crippen LogP contribution in [0.25, 0.3) is 0 Å². The highest BCUT2D eigenvalue weighted by molar-refractivity contribution is 5.81. The molecule has 150 valence electrons. The average Bonchev–Trinajstić information content (AvgIpc) is 2.65. The minimum absolute atomic E-state index is 0.289. The maximum atomic E-state index is 11.2. The van der Waals surface area contributed by atoms with Gasteiger partial charge in [0.15, 0.2) is 5.60 Å². The van der Waals surface area contributed by atoms with Gasteiger partial charge in [0.1, 0.15) is 19.3 Å². The molecule has 8 nitrogen and oxygen atoms in total. The third-order valence-corrected chi connectivity index (χ3v) is 3.54. The molecule has 0 aliphatic rings. The van der Waals surface area contributed by atoms with Gasteiger partial charge in [0, 0.05) is 32.5 Å². The number of hydrogen-bond donors (Lipinski definition) is 2. The lowest BCUT2D eigenvalue weighted by atomic mass is 9.99. The minimum atomic E-state index is -1.92. The maximum Gasteiger partial charge on any atom is 0.330 e. The number of unbranched alkanes of at least 4 members (excludes halogenated alkanes) is 3. The van der Waals surface area contributed by atoms with Gasteiger partial charge in [0.25, 0.3) is 0 Å². The number of rotatable bonds is 16. The molecule has 0 aliphatic heterocycles. The molecule has 0 saturated carbocycles. The van der Waals surface area contributed by atoms with Crippen LogP contribution in [0.1, 0.15) is 25.7 Å². The van der Waals surface area contributed by atoms with Gasteiger partial charge in [-0.25, -0.2) is 9.59 Å². The van der Waals surface area contributed by atoms with Gasteiger partial charge in [0.2, 0.25) is 0 Å². The Morgan fingerprint density at radius 2 is 1.58 bits per heavy atom. The molecule has 2 N–H and O–H groups in total. The van der Waals surface area contributed by atoms with Crippen molar-refractivity contribution in [3.63, 3.8) is 0 Å². The van der Waals surface area contributed by atoms with Crippen molar-refractivity contribution in [1.82, 2.24) is 0 Å². The molecular weight excluding hydrogens is 344 g/mol. The van der Waals surface area contributed by atoms with Crippen molar-refractivity contribution in [3.8, 4) is 0 Å². The van der Waals surface area contributed by atoms with E-state index in [9.17, 15) is 19.8 Å². The molecule has 26 heavy (non-hydrogen) atoms. The van der Waals surface area contributed by atoms with E-state index >= 15 is 0 Å². The van der Waals surface area contributed by atoms with Gasteiger partial charge < -0.3 is 29.2 Å². The van der Waals surface area contributed by atoms with Crippen LogP contribution in [-0.4, -0.2) is 74.0 Å². The molecule has 8 heteroatoms. The third-order valence-electron chi connectivity index (χ3n) is 3.54. The second-order valence-electron chi connectivity index (χ2n) is 5.72. The number of carbonyl (C=O) groups excluding carboxylic acids is 2. The summed E-state index contributed by atoms with van der Waals surface area (Å²) >= 11 is 0. The van der Waals surface area contributed by atoms with Crippen molar-refractivity contribution in [2.75, 3.05) is 40.1 Å². The summed E-state index contributed by atoms with van der Waals surface area (Å²) < 4.78 is 19.9. The van der Waals surface area contributed by atoms with Gasteiger partial charge in [-0.1, -0.05) is 26.0 Å². The van der Waals surface area contributed by atoms with E-state index in [0.29, 0.717) is 13.2 Å². The molecule has 0 aliphatic carbocycles. The summed E-state index contributed by atoms with van der Waals surface area (Å²) in [5.74, 6) is -1.50. The predicted octanol–water partition coefficient (Wildman–Crippen LogP) is 0.760. The van der Waals surface area contributed by atoms with Crippen molar-refractivity contribution < 1.29 is 38.7 Å². The summed E-state index contributed by atoms with van der Waals surface area (Å²) in [6, 6.07) is 0. The average molecular weight is 374 g/mol. The van der Waals surface area contributed by atoms with Gasteiger partial charge in [0.05, 0.1) is 6.61 Å². The standard InChI is InChI=1S/C18H30O8/c1-4-16(20)25-12-15(19)18(22,14-26-17(21)5-2)13-24-11-9-7-6-8-10-23-3/h4-5,15,19,22H,1-2,6-14H2,3H3. The molecule has 0 rings (SSSR count). The van der Waals surface area contributed by atoms with Crippen LogP contribution in [0.3, 0.4) is 0 Å². The van der Waals surface area contributed by atoms with E-state index in [1.165, 1.54) is 0 Å². The fourth-order valence-electron chi connectivity index (χ4n) is 1.92. The molecule has 0 fully saturated rings. The zero-order valence-electron chi connectivity index (χ0n) is 15.4. The van der Waals surface area contributed by atoms with Crippen LogP contribution < -0.4 is 0 Å². The summed E-state index contributed by atoms with van der Waals surface area (Å²) in [7, 11) is 1.65. The van der Waals surface area contributed by atoms with Gasteiger partial charge in [-0.3, -0.25) is 0 Å². The monoisotopic (exact) mass is 374 g/mol. The lowest BCUT2D eigenvalue weighted by Gasteiger charge is -2.31. The molecule has 0 aromatic carbocycles. The highest BCUT2D eigenvalue weighted by Crippen LogP contribution is 2.15. The first kappa shape index (κ1) is 24.3. The Morgan fingerprint density at radius 3 is 2.15 bits per heavy atom. The van der Waals surface area contributed by atoms with E-state index in [1.807, 2.05) is 0 Å². The molecule has 2 atom stereocenters. The zero-order chi connectivity index (χ0) is 19.8. The van der Waals surface area contributed by atoms with Crippen molar-refractivity contribution >= 4 is 11.9 Å². The van der Waals surface area contributed by atoms with Crippen molar-refractivity contribution in [2.45, 2.75) is 37.4 Å². The van der Waals surface area contributed by atoms with Crippen LogP contribution in [0.5, 0.6) is 0 Å². The van der Waals surface area contributed by atoms with Crippen LogP contribution in [0.2, 0.25) is 0 Å². The van der Waals surface area contributed by atoms with Gasteiger partial charge in [-0.2, -0.15) is 0 Å². The largest absolute Gasteiger partial charge is 0.460 e. The molecule has 0 saturated heterocycles. The lowest BCUT2D eigenvalue weighted by Crippen LogP contribution is -2.53. The fourth-order valence-corrected chi connectivity index (χ4v) is 1.92. The maximum absolute atomic E-state index is 11.2. The molecule has 0 aromatic rings. The summed E-state index contributed by atoms with van der Waals surface area (Å²) in [4.78, 5) is 22.3. The van der Waals surface area contributed by atoms with E-state index in [-0.39, 0.29) is 6.61 Å². The van der Waals surface area contributed by atoms with Gasteiger partial charge in [-0.05, 0) is 12.8 Å². The minimum Gasteiger partial charge on any atom is -0.460 e. The Morgan fingerprint density at radius 1 is 1.00 bits per heavy atom. The normalized spacial score (nSPS) is 14.1. The highest BCUT2D eigenvalue weighted by Gasteiger charge is 2.38. The first-order chi connectivity index (χ1) is 12.4. The van der Waals surface area contributed by atoms with Crippen LogP contribution in [0.4, 0.5) is 0 Å². The summed E-state index contributed by atoms with van der Waals surface area (Å²) in [5, 5.41) is 20.7. The second-order valence-corrected chi connectivity index (χ2v) is 5.72. The van der Waals surface area contributed by atoms with Crippen molar-refractivity contribution in [1.29, 1.82) is 0 Å². The second kappa shape index (κ2) is 14.4. The molecule has 0 radical (unpaired) electrons. The van der Waals surface area contributed by atoms with E-state index in [0.717, 1.165) is 37.8 Å². The number of carbonyl (C=O) groups is 2. The van der Waals surface area contributed by atoms with E-state index in [1.54, 1.807) is 7.11 Å². The molecule has 0 spiro atoms. The molecule has 0 bridgehead atoms. The quantitative estimate of drug-likeness (QED) is 0.231. The number of aliphatic hydroxyl groups excluding tert-OH is 1. The van der Waals surface area contributed by atoms with Crippen LogP contribution >= 0.6 is 0 Å². The number of hydrogen-bond acceptors (Lipinski definition) is 8. The lowest BCUT2D eigenvalue weighted by molar-refractivity contribution is -0.180. The van der Waals surface area contributed by atoms with Gasteiger partial charge >= 0.3 is 11.9 Å².